The van der Waals surface area contributed by atoms with Gasteiger partial charge in [0, 0.05) is 0 Å². The average molecular weight is 575 g/mol. The van der Waals surface area contributed by atoms with Crippen molar-refractivity contribution in [1.82, 2.24) is 0 Å². The van der Waals surface area contributed by atoms with Crippen LogP contribution in [0.15, 0.2) is 42.5 Å². The molecule has 0 heterocycles. The number of allylic oxidation sites excluding steroid dienone is 2. The molecule has 2 aromatic rings. The second kappa shape index (κ2) is 15.7. The summed E-state index contributed by atoms with van der Waals surface area (Å²) >= 11 is 0. The molecule has 5 rings (SSSR count). The molecule has 0 aliphatic heterocycles. The third kappa shape index (κ3) is 8.15. The van der Waals surface area contributed by atoms with Crippen LogP contribution in [0, 0.1) is 23.5 Å². The van der Waals surface area contributed by atoms with Gasteiger partial charge in [0.05, 0.1) is 0 Å². The maximum Gasteiger partial charge on any atom is 0.127 e. The van der Waals surface area contributed by atoms with Crippen LogP contribution in [0.5, 0.6) is 0 Å². The normalized spacial score (nSPS) is 26.7. The highest BCUT2D eigenvalue weighted by Crippen LogP contribution is 2.42. The van der Waals surface area contributed by atoms with E-state index >= 15 is 8.78 Å². The van der Waals surface area contributed by atoms with E-state index < -0.39 is 0 Å². The standard InChI is InChI=1S/C40H56F2/c1-3-5-6-7-8-9-10-30-13-15-31(16-14-30)35-23-26-38(40(42)27-35)34-21-19-32(20-22-34)36-24-25-37(39(41)28-36)33-17-11-29(4-2)12-18-33/h19,23-31,33-34H,3-18,20-22H2,1-2H3. The first-order valence-electron chi connectivity index (χ1n) is 17.8. The van der Waals surface area contributed by atoms with Crippen LogP contribution in [-0.2, 0) is 0 Å². The van der Waals surface area contributed by atoms with Gasteiger partial charge in [0.1, 0.15) is 11.6 Å². The van der Waals surface area contributed by atoms with E-state index in [4.69, 9.17) is 0 Å². The van der Waals surface area contributed by atoms with Crippen molar-refractivity contribution in [2.45, 2.75) is 154 Å². The van der Waals surface area contributed by atoms with Gasteiger partial charge in [-0.1, -0.05) is 95.6 Å². The molecular formula is C40H56F2. The van der Waals surface area contributed by atoms with Gasteiger partial charge < -0.3 is 0 Å². The van der Waals surface area contributed by atoms with Gasteiger partial charge in [-0.15, -0.1) is 0 Å². The zero-order valence-corrected chi connectivity index (χ0v) is 26.6. The lowest BCUT2D eigenvalue weighted by Crippen LogP contribution is -2.14. The van der Waals surface area contributed by atoms with Crippen LogP contribution in [-0.4, -0.2) is 0 Å². The summed E-state index contributed by atoms with van der Waals surface area (Å²) in [6.07, 6.45) is 25.5. The Balaban J connectivity index is 1.11. The third-order valence-electron chi connectivity index (χ3n) is 11.4. The number of hydrogen-bond donors (Lipinski definition) is 0. The first-order valence-corrected chi connectivity index (χ1v) is 17.8. The van der Waals surface area contributed by atoms with Gasteiger partial charge in [0.25, 0.3) is 0 Å². The molecule has 0 N–H and O–H groups in total. The molecule has 2 fully saturated rings. The number of rotatable bonds is 12. The van der Waals surface area contributed by atoms with Gasteiger partial charge in [-0.3, -0.25) is 0 Å². The van der Waals surface area contributed by atoms with Gasteiger partial charge in [-0.2, -0.15) is 0 Å². The van der Waals surface area contributed by atoms with E-state index in [-0.39, 0.29) is 17.6 Å². The van der Waals surface area contributed by atoms with Gasteiger partial charge in [0.15, 0.2) is 0 Å². The van der Waals surface area contributed by atoms with Crippen molar-refractivity contribution in [3.63, 3.8) is 0 Å². The summed E-state index contributed by atoms with van der Waals surface area (Å²) < 4.78 is 30.6. The fourth-order valence-corrected chi connectivity index (χ4v) is 8.44. The molecule has 0 bridgehead atoms. The summed E-state index contributed by atoms with van der Waals surface area (Å²) in [5, 5.41) is 0. The number of hydrogen-bond acceptors (Lipinski definition) is 0. The third-order valence-corrected chi connectivity index (χ3v) is 11.4. The summed E-state index contributed by atoms with van der Waals surface area (Å²) in [6, 6.07) is 12.1. The van der Waals surface area contributed by atoms with Crippen LogP contribution in [0.1, 0.15) is 176 Å². The zero-order chi connectivity index (χ0) is 29.3. The second-order valence-electron chi connectivity index (χ2n) is 14.1. The molecule has 2 heteroatoms. The van der Waals surface area contributed by atoms with Crippen molar-refractivity contribution in [1.29, 1.82) is 0 Å². The fraction of sp³-hybridized carbons (Fsp3) is 0.650. The topological polar surface area (TPSA) is 0 Å². The molecule has 230 valence electrons. The molecule has 0 aromatic heterocycles. The highest BCUT2D eigenvalue weighted by molar-refractivity contribution is 5.67. The molecule has 0 amide bonds. The zero-order valence-electron chi connectivity index (χ0n) is 26.6. The predicted molar refractivity (Wildman–Crippen MR) is 175 cm³/mol. The molecule has 0 radical (unpaired) electrons. The van der Waals surface area contributed by atoms with Crippen LogP contribution >= 0.6 is 0 Å². The molecule has 1 unspecified atom stereocenters. The first kappa shape index (κ1) is 31.5. The minimum Gasteiger partial charge on any atom is -0.207 e. The Labute approximate surface area is 255 Å². The highest BCUT2D eigenvalue weighted by atomic mass is 19.1. The molecule has 42 heavy (non-hydrogen) atoms. The van der Waals surface area contributed by atoms with Crippen molar-refractivity contribution < 1.29 is 8.78 Å². The Bertz CT molecular complexity index is 1150. The minimum atomic E-state index is -0.0338. The summed E-state index contributed by atoms with van der Waals surface area (Å²) in [7, 11) is 0. The molecule has 3 aliphatic carbocycles. The summed E-state index contributed by atoms with van der Waals surface area (Å²) in [5.74, 6) is 2.76. The molecule has 2 aromatic carbocycles. The molecular weight excluding hydrogens is 518 g/mol. The Morgan fingerprint density at radius 1 is 0.619 bits per heavy atom. The Hall–Kier alpha value is -1.96. The Morgan fingerprint density at radius 2 is 1.26 bits per heavy atom. The molecule has 2 saturated carbocycles. The number of benzene rings is 2. The largest absolute Gasteiger partial charge is 0.207 e. The van der Waals surface area contributed by atoms with E-state index in [1.165, 1.54) is 101 Å². The van der Waals surface area contributed by atoms with Crippen molar-refractivity contribution in [3.8, 4) is 0 Å². The lowest BCUT2D eigenvalue weighted by molar-refractivity contribution is 0.301. The highest BCUT2D eigenvalue weighted by Gasteiger charge is 2.26. The fourth-order valence-electron chi connectivity index (χ4n) is 8.44. The lowest BCUT2D eigenvalue weighted by atomic mass is 9.76. The quantitative estimate of drug-likeness (QED) is 0.221. The Kier molecular flexibility index (Phi) is 11.7. The maximum atomic E-state index is 15.4. The van der Waals surface area contributed by atoms with Crippen LogP contribution in [0.2, 0.25) is 0 Å². The monoisotopic (exact) mass is 574 g/mol. The van der Waals surface area contributed by atoms with Gasteiger partial charge >= 0.3 is 0 Å². The van der Waals surface area contributed by atoms with Crippen LogP contribution in [0.25, 0.3) is 5.57 Å². The van der Waals surface area contributed by atoms with E-state index in [1.54, 1.807) is 6.07 Å². The van der Waals surface area contributed by atoms with E-state index in [0.717, 1.165) is 60.6 Å². The van der Waals surface area contributed by atoms with Crippen LogP contribution in [0.4, 0.5) is 8.78 Å². The smallest absolute Gasteiger partial charge is 0.127 e. The number of unbranched alkanes of at least 4 members (excludes halogenated alkanes) is 5. The van der Waals surface area contributed by atoms with E-state index in [9.17, 15) is 0 Å². The summed E-state index contributed by atoms with van der Waals surface area (Å²) in [4.78, 5) is 0. The molecule has 0 spiro atoms. The Morgan fingerprint density at radius 3 is 1.93 bits per heavy atom. The van der Waals surface area contributed by atoms with Gasteiger partial charge in [-0.25, -0.2) is 8.78 Å². The van der Waals surface area contributed by atoms with Gasteiger partial charge in [0.2, 0.25) is 0 Å². The van der Waals surface area contributed by atoms with E-state index in [2.05, 4.69) is 44.2 Å². The first-order chi connectivity index (χ1) is 20.6. The molecule has 0 nitrogen and oxygen atoms in total. The van der Waals surface area contributed by atoms with Crippen LogP contribution < -0.4 is 0 Å². The molecule has 1 atom stereocenters. The van der Waals surface area contributed by atoms with E-state index in [1.807, 2.05) is 6.07 Å². The number of halogens is 2. The SMILES string of the molecule is CCCCCCCCC1CCC(c2ccc(C3CC=C(c4ccc(C5CCC(CC)CC5)c(F)c4)CC3)c(F)c2)CC1. The minimum absolute atomic E-state index is 0.0169. The second-order valence-corrected chi connectivity index (χ2v) is 14.1. The average Bonchev–Trinajstić information content (AvgIpc) is 3.03. The van der Waals surface area contributed by atoms with Crippen molar-refractivity contribution in [2.24, 2.45) is 11.8 Å². The van der Waals surface area contributed by atoms with Crippen LogP contribution in [0.3, 0.4) is 0 Å². The van der Waals surface area contributed by atoms with Gasteiger partial charge in [-0.05, 0) is 140 Å². The maximum absolute atomic E-state index is 15.4. The molecule has 3 aliphatic rings. The van der Waals surface area contributed by atoms with Crippen molar-refractivity contribution in [2.75, 3.05) is 0 Å². The summed E-state index contributed by atoms with van der Waals surface area (Å²) in [5.41, 5.74) is 5.23. The van der Waals surface area contributed by atoms with Crippen molar-refractivity contribution >= 4 is 5.57 Å². The molecule has 0 saturated heterocycles. The predicted octanol–water partition coefficient (Wildman–Crippen LogP) is 13.0. The summed E-state index contributed by atoms with van der Waals surface area (Å²) in [6.45, 7) is 4.55. The van der Waals surface area contributed by atoms with Crippen molar-refractivity contribution in [3.05, 3.63) is 76.4 Å². The lowest BCUT2D eigenvalue weighted by Gasteiger charge is -2.29. The van der Waals surface area contributed by atoms with E-state index in [0.29, 0.717) is 11.8 Å².